The van der Waals surface area contributed by atoms with Crippen molar-refractivity contribution in [1.82, 2.24) is 4.98 Å². The lowest BCUT2D eigenvalue weighted by atomic mass is 10.1. The number of aryl methyl sites for hydroxylation is 1. The number of nitrogens with two attached hydrogens (primary N) is 1. The molecule has 0 aliphatic carbocycles. The van der Waals surface area contributed by atoms with E-state index in [4.69, 9.17) is 5.73 Å². The number of carbonyl (C=O) groups excluding carboxylic acids is 1. The average molecular weight is 180 g/mol. The predicted molar refractivity (Wildman–Crippen MR) is 49.4 cm³/mol. The Morgan fingerprint density at radius 2 is 2.38 bits per heavy atom. The molecule has 4 heteroatoms. The first-order chi connectivity index (χ1) is 6.19. The van der Waals surface area contributed by atoms with Gasteiger partial charge >= 0.3 is 5.97 Å². The molecule has 0 spiro atoms. The lowest BCUT2D eigenvalue weighted by Crippen LogP contribution is -2.07. The van der Waals surface area contributed by atoms with Crippen molar-refractivity contribution in [1.29, 1.82) is 0 Å². The summed E-state index contributed by atoms with van der Waals surface area (Å²) in [6.07, 6.45) is 2.47. The molecular weight excluding hydrogens is 168 g/mol. The number of esters is 1. The van der Waals surface area contributed by atoms with Gasteiger partial charge in [0.1, 0.15) is 11.4 Å². The molecule has 0 bridgehead atoms. The zero-order valence-corrected chi connectivity index (χ0v) is 7.70. The Morgan fingerprint density at radius 1 is 1.69 bits per heavy atom. The van der Waals surface area contributed by atoms with Gasteiger partial charge in [-0.05, 0) is 18.1 Å². The Balaban J connectivity index is 3.11. The van der Waals surface area contributed by atoms with Crippen LogP contribution < -0.4 is 5.73 Å². The molecule has 2 N–H and O–H groups in total. The van der Waals surface area contributed by atoms with Gasteiger partial charge in [0.2, 0.25) is 0 Å². The quantitative estimate of drug-likeness (QED) is 0.690. The van der Waals surface area contributed by atoms with Gasteiger partial charge in [0.15, 0.2) is 0 Å². The summed E-state index contributed by atoms with van der Waals surface area (Å²) in [5.74, 6) is -0.232. The van der Waals surface area contributed by atoms with Crippen LogP contribution in [0.2, 0.25) is 0 Å². The summed E-state index contributed by atoms with van der Waals surface area (Å²) in [5, 5.41) is 0. The number of nitrogens with zero attached hydrogens (tertiary/aromatic N) is 1. The highest BCUT2D eigenvalue weighted by Gasteiger charge is 2.10. The average Bonchev–Trinajstić information content (AvgIpc) is 2.17. The van der Waals surface area contributed by atoms with Gasteiger partial charge in [0.25, 0.3) is 0 Å². The first-order valence-corrected chi connectivity index (χ1v) is 4.01. The van der Waals surface area contributed by atoms with E-state index < -0.39 is 5.97 Å². The minimum atomic E-state index is -0.444. The summed E-state index contributed by atoms with van der Waals surface area (Å²) in [6.45, 7) is 1.98. The maximum atomic E-state index is 11.2. The number of anilines is 1. The molecule has 0 fully saturated rings. The van der Waals surface area contributed by atoms with Crippen molar-refractivity contribution in [3.8, 4) is 0 Å². The monoisotopic (exact) mass is 180 g/mol. The summed E-state index contributed by atoms with van der Waals surface area (Å²) in [7, 11) is 1.32. The second-order valence-electron chi connectivity index (χ2n) is 2.62. The van der Waals surface area contributed by atoms with Crippen molar-refractivity contribution in [2.75, 3.05) is 12.8 Å². The van der Waals surface area contributed by atoms with Gasteiger partial charge in [-0.25, -0.2) is 9.78 Å². The van der Waals surface area contributed by atoms with Gasteiger partial charge < -0.3 is 10.5 Å². The fraction of sp³-hybridized carbons (Fsp3) is 0.333. The van der Waals surface area contributed by atoms with Crippen LogP contribution in [0.4, 0.5) is 5.82 Å². The van der Waals surface area contributed by atoms with Crippen LogP contribution in [0.1, 0.15) is 22.8 Å². The Labute approximate surface area is 76.7 Å². The topological polar surface area (TPSA) is 65.2 Å². The smallest absolute Gasteiger partial charge is 0.341 e. The Kier molecular flexibility index (Phi) is 2.84. The zero-order valence-electron chi connectivity index (χ0n) is 7.70. The molecular formula is C9H12N2O2. The summed E-state index contributed by atoms with van der Waals surface area (Å²) < 4.78 is 4.56. The van der Waals surface area contributed by atoms with E-state index in [1.165, 1.54) is 7.11 Å². The third kappa shape index (κ3) is 1.96. The van der Waals surface area contributed by atoms with E-state index in [1.807, 2.05) is 6.92 Å². The number of carbonyl (C=O) groups is 1. The van der Waals surface area contributed by atoms with Gasteiger partial charge in [-0.15, -0.1) is 0 Å². The lowest BCUT2D eigenvalue weighted by molar-refractivity contribution is 0.0601. The molecule has 0 aromatic carbocycles. The fourth-order valence-electron chi connectivity index (χ4n) is 0.985. The highest BCUT2D eigenvalue weighted by atomic mass is 16.5. The van der Waals surface area contributed by atoms with Crippen molar-refractivity contribution < 1.29 is 9.53 Å². The highest BCUT2D eigenvalue weighted by Crippen LogP contribution is 2.12. The van der Waals surface area contributed by atoms with Crippen molar-refractivity contribution in [3.63, 3.8) is 0 Å². The van der Waals surface area contributed by atoms with Crippen molar-refractivity contribution in [3.05, 3.63) is 23.4 Å². The number of ether oxygens (including phenoxy) is 1. The van der Waals surface area contributed by atoms with Gasteiger partial charge in [-0.2, -0.15) is 0 Å². The van der Waals surface area contributed by atoms with E-state index >= 15 is 0 Å². The molecule has 1 aromatic heterocycles. The van der Waals surface area contributed by atoms with E-state index in [9.17, 15) is 4.79 Å². The van der Waals surface area contributed by atoms with Crippen LogP contribution in [0.5, 0.6) is 0 Å². The standard InChI is InChI=1S/C9H12N2O2/c1-3-6-4-7(9(12)13-2)8(10)11-5-6/h4-5H,3H2,1-2H3,(H2,10,11). The van der Waals surface area contributed by atoms with Crippen LogP contribution in [-0.2, 0) is 11.2 Å². The summed E-state index contributed by atoms with van der Waals surface area (Å²) in [4.78, 5) is 15.1. The number of rotatable bonds is 2. The number of methoxy groups -OCH3 is 1. The van der Waals surface area contributed by atoms with E-state index in [-0.39, 0.29) is 5.82 Å². The minimum Gasteiger partial charge on any atom is -0.465 e. The van der Waals surface area contributed by atoms with E-state index in [2.05, 4.69) is 9.72 Å². The van der Waals surface area contributed by atoms with Crippen LogP contribution in [0.25, 0.3) is 0 Å². The molecule has 13 heavy (non-hydrogen) atoms. The number of hydrogen-bond acceptors (Lipinski definition) is 4. The van der Waals surface area contributed by atoms with Gasteiger partial charge in [0.05, 0.1) is 7.11 Å². The maximum absolute atomic E-state index is 11.2. The first kappa shape index (κ1) is 9.51. The molecule has 1 rings (SSSR count). The summed E-state index contributed by atoms with van der Waals surface area (Å²) in [6, 6.07) is 1.70. The van der Waals surface area contributed by atoms with Gasteiger partial charge in [-0.3, -0.25) is 0 Å². The molecule has 70 valence electrons. The molecule has 4 nitrogen and oxygen atoms in total. The second-order valence-corrected chi connectivity index (χ2v) is 2.62. The molecule has 0 saturated heterocycles. The summed E-state index contributed by atoms with van der Waals surface area (Å²) in [5.41, 5.74) is 6.81. The second kappa shape index (κ2) is 3.89. The third-order valence-corrected chi connectivity index (χ3v) is 1.79. The molecule has 0 aliphatic rings. The van der Waals surface area contributed by atoms with E-state index in [1.54, 1.807) is 12.3 Å². The first-order valence-electron chi connectivity index (χ1n) is 4.01. The molecule has 1 heterocycles. The SMILES string of the molecule is CCc1cnc(N)c(C(=O)OC)c1. The lowest BCUT2D eigenvalue weighted by Gasteiger charge is -2.04. The molecule has 0 aliphatic heterocycles. The number of pyridine rings is 1. The zero-order chi connectivity index (χ0) is 9.84. The fourth-order valence-corrected chi connectivity index (χ4v) is 0.985. The van der Waals surface area contributed by atoms with Crippen molar-refractivity contribution in [2.24, 2.45) is 0 Å². The Bertz CT molecular complexity index is 323. The molecule has 0 atom stereocenters. The van der Waals surface area contributed by atoms with Crippen LogP contribution >= 0.6 is 0 Å². The molecule has 1 aromatic rings. The molecule has 0 amide bonds. The molecule has 0 unspecified atom stereocenters. The van der Waals surface area contributed by atoms with Crippen LogP contribution in [0, 0.1) is 0 Å². The van der Waals surface area contributed by atoms with Gasteiger partial charge in [-0.1, -0.05) is 6.92 Å². The largest absolute Gasteiger partial charge is 0.465 e. The highest BCUT2D eigenvalue weighted by molar-refractivity contribution is 5.94. The van der Waals surface area contributed by atoms with E-state index in [0.717, 1.165) is 12.0 Å². The van der Waals surface area contributed by atoms with Gasteiger partial charge in [0, 0.05) is 6.20 Å². The number of nitrogen functional groups attached to an aromatic ring is 1. The predicted octanol–water partition coefficient (Wildman–Crippen LogP) is 1.01. The normalized spacial score (nSPS) is 9.69. The van der Waals surface area contributed by atoms with Crippen LogP contribution in [-0.4, -0.2) is 18.1 Å². The maximum Gasteiger partial charge on any atom is 0.341 e. The van der Waals surface area contributed by atoms with Crippen molar-refractivity contribution >= 4 is 11.8 Å². The molecule has 0 saturated carbocycles. The number of aromatic nitrogens is 1. The minimum absolute atomic E-state index is 0.212. The summed E-state index contributed by atoms with van der Waals surface area (Å²) >= 11 is 0. The number of hydrogen-bond donors (Lipinski definition) is 1. The van der Waals surface area contributed by atoms with Crippen LogP contribution in [0.3, 0.4) is 0 Å². The van der Waals surface area contributed by atoms with E-state index in [0.29, 0.717) is 5.56 Å². The van der Waals surface area contributed by atoms with Crippen molar-refractivity contribution in [2.45, 2.75) is 13.3 Å². The Morgan fingerprint density at radius 3 is 2.92 bits per heavy atom. The third-order valence-electron chi connectivity index (χ3n) is 1.79. The van der Waals surface area contributed by atoms with Crippen LogP contribution in [0.15, 0.2) is 12.3 Å². The Hall–Kier alpha value is -1.58. The molecule has 0 radical (unpaired) electrons.